The Morgan fingerprint density at radius 1 is 0.621 bits per heavy atom. The van der Waals surface area contributed by atoms with Crippen LogP contribution in [-0.4, -0.2) is 16.8 Å². The number of hydrogen-bond acceptors (Lipinski definition) is 4. The Balaban J connectivity index is 2.30. The van der Waals surface area contributed by atoms with Crippen LogP contribution in [0.1, 0.15) is 5.56 Å². The van der Waals surface area contributed by atoms with E-state index < -0.39 is 37.5 Å². The summed E-state index contributed by atoms with van der Waals surface area (Å²) in [5.41, 5.74) is -1.82. The van der Waals surface area contributed by atoms with Gasteiger partial charge in [0.05, 0.1) is 21.0 Å². The number of rotatable bonds is 5. The standard InChI is InChI=1S/C19H14F3NO4S2/c20-19(21,22)15-8-7-9-16(14-15)23(28(24,25)17-10-3-1-4-11-17)29(26,27)18-12-5-2-6-13-18/h1-14H. The van der Waals surface area contributed by atoms with Crippen molar-refractivity contribution in [2.75, 3.05) is 3.71 Å². The molecule has 10 heteroatoms. The van der Waals surface area contributed by atoms with Gasteiger partial charge in [0.1, 0.15) is 0 Å². The van der Waals surface area contributed by atoms with Gasteiger partial charge in [-0.05, 0) is 42.5 Å². The lowest BCUT2D eigenvalue weighted by Crippen LogP contribution is -2.37. The van der Waals surface area contributed by atoms with Gasteiger partial charge in [-0.25, -0.2) is 16.8 Å². The highest BCUT2D eigenvalue weighted by atomic mass is 32.3. The summed E-state index contributed by atoms with van der Waals surface area (Å²) in [5, 5.41) is 0. The molecule has 3 aromatic rings. The van der Waals surface area contributed by atoms with Crippen LogP contribution >= 0.6 is 0 Å². The summed E-state index contributed by atoms with van der Waals surface area (Å²) < 4.78 is 92.2. The van der Waals surface area contributed by atoms with Crippen molar-refractivity contribution < 1.29 is 30.0 Å². The zero-order valence-electron chi connectivity index (χ0n) is 14.6. The maximum Gasteiger partial charge on any atom is 0.416 e. The molecule has 0 unspecified atom stereocenters. The Morgan fingerprint density at radius 3 is 1.48 bits per heavy atom. The van der Waals surface area contributed by atoms with Crippen LogP contribution in [0, 0.1) is 0 Å². The van der Waals surface area contributed by atoms with E-state index in [4.69, 9.17) is 0 Å². The van der Waals surface area contributed by atoms with Gasteiger partial charge in [0, 0.05) is 0 Å². The lowest BCUT2D eigenvalue weighted by atomic mass is 10.2. The Bertz CT molecular complexity index is 1140. The molecule has 0 heterocycles. The molecule has 0 N–H and O–H groups in total. The molecule has 152 valence electrons. The van der Waals surface area contributed by atoms with E-state index in [-0.39, 0.29) is 13.5 Å². The Kier molecular flexibility index (Phi) is 5.42. The molecule has 0 aliphatic rings. The van der Waals surface area contributed by atoms with E-state index in [9.17, 15) is 30.0 Å². The summed E-state index contributed by atoms with van der Waals surface area (Å²) >= 11 is 0. The maximum atomic E-state index is 13.2. The van der Waals surface area contributed by atoms with Crippen LogP contribution in [0.3, 0.4) is 0 Å². The molecule has 0 aromatic heterocycles. The van der Waals surface area contributed by atoms with Crippen molar-refractivity contribution in [3.8, 4) is 0 Å². The summed E-state index contributed by atoms with van der Waals surface area (Å²) in [4.78, 5) is -0.756. The van der Waals surface area contributed by atoms with Gasteiger partial charge < -0.3 is 0 Å². The summed E-state index contributed by atoms with van der Waals surface area (Å²) in [7, 11) is -9.49. The van der Waals surface area contributed by atoms with Crippen molar-refractivity contribution in [1.29, 1.82) is 0 Å². The fourth-order valence-electron chi connectivity index (χ4n) is 2.58. The molecule has 29 heavy (non-hydrogen) atoms. The van der Waals surface area contributed by atoms with Gasteiger partial charge in [-0.15, -0.1) is 0 Å². The van der Waals surface area contributed by atoms with Crippen LogP contribution in [0.2, 0.25) is 0 Å². The summed E-state index contributed by atoms with van der Waals surface area (Å²) in [6, 6.07) is 16.4. The van der Waals surface area contributed by atoms with E-state index in [1.807, 2.05) is 0 Å². The molecular formula is C19H14F3NO4S2. The maximum absolute atomic E-state index is 13.2. The van der Waals surface area contributed by atoms with Crippen LogP contribution in [0.25, 0.3) is 0 Å². The van der Waals surface area contributed by atoms with E-state index in [2.05, 4.69) is 0 Å². The molecule has 0 radical (unpaired) electrons. The van der Waals surface area contributed by atoms with Crippen LogP contribution < -0.4 is 3.71 Å². The molecule has 0 spiro atoms. The minimum atomic E-state index is -4.78. The van der Waals surface area contributed by atoms with Crippen LogP contribution in [-0.2, 0) is 26.2 Å². The molecule has 5 nitrogen and oxygen atoms in total. The van der Waals surface area contributed by atoms with E-state index in [1.165, 1.54) is 36.4 Å². The second-order valence-corrected chi connectivity index (χ2v) is 9.69. The van der Waals surface area contributed by atoms with Crippen LogP contribution in [0.4, 0.5) is 18.9 Å². The molecule has 0 bridgehead atoms. The quantitative estimate of drug-likeness (QED) is 0.592. The highest BCUT2D eigenvalue weighted by molar-refractivity contribution is 8.10. The van der Waals surface area contributed by atoms with Gasteiger partial charge in [-0.1, -0.05) is 42.5 Å². The van der Waals surface area contributed by atoms with Crippen molar-refractivity contribution >= 4 is 25.7 Å². The molecule has 3 aromatic carbocycles. The zero-order valence-corrected chi connectivity index (χ0v) is 16.2. The molecule has 0 aliphatic heterocycles. The second-order valence-electron chi connectivity index (χ2n) is 5.88. The normalized spacial score (nSPS) is 12.5. The highest BCUT2D eigenvalue weighted by Crippen LogP contribution is 2.35. The van der Waals surface area contributed by atoms with E-state index >= 15 is 0 Å². The van der Waals surface area contributed by atoms with Crippen molar-refractivity contribution in [3.63, 3.8) is 0 Å². The Morgan fingerprint density at radius 2 is 1.07 bits per heavy atom. The molecular weight excluding hydrogens is 427 g/mol. The smallest absolute Gasteiger partial charge is 0.200 e. The predicted molar refractivity (Wildman–Crippen MR) is 101 cm³/mol. The summed E-state index contributed by atoms with van der Waals surface area (Å²) in [6.07, 6.45) is -4.78. The van der Waals surface area contributed by atoms with E-state index in [1.54, 1.807) is 0 Å². The van der Waals surface area contributed by atoms with Crippen LogP contribution in [0.15, 0.2) is 94.7 Å². The number of hydrogen-bond donors (Lipinski definition) is 0. The van der Waals surface area contributed by atoms with E-state index in [0.29, 0.717) is 6.07 Å². The van der Waals surface area contributed by atoms with Crippen molar-refractivity contribution in [1.82, 2.24) is 0 Å². The van der Waals surface area contributed by atoms with Gasteiger partial charge in [-0.2, -0.15) is 16.9 Å². The fourth-order valence-corrected chi connectivity index (χ4v) is 6.30. The third-order valence-corrected chi connectivity index (χ3v) is 8.11. The van der Waals surface area contributed by atoms with Gasteiger partial charge >= 0.3 is 6.18 Å². The van der Waals surface area contributed by atoms with Gasteiger partial charge in [0.15, 0.2) is 0 Å². The first-order valence-electron chi connectivity index (χ1n) is 8.12. The lowest BCUT2D eigenvalue weighted by molar-refractivity contribution is -0.137. The molecule has 0 saturated heterocycles. The number of benzene rings is 3. The van der Waals surface area contributed by atoms with E-state index in [0.717, 1.165) is 42.5 Å². The molecule has 3 rings (SSSR count). The first-order valence-corrected chi connectivity index (χ1v) is 11.0. The molecule has 0 aliphatic carbocycles. The first-order chi connectivity index (χ1) is 13.5. The van der Waals surface area contributed by atoms with Gasteiger partial charge in [0.2, 0.25) is 0 Å². The Hall–Kier alpha value is -2.85. The number of nitrogens with zero attached hydrogens (tertiary/aromatic N) is 1. The predicted octanol–water partition coefficient (Wildman–Crippen LogP) is 4.29. The minimum Gasteiger partial charge on any atom is -0.200 e. The SMILES string of the molecule is O=S(=O)(c1ccccc1)N(c1cccc(C(F)(F)F)c1)S(=O)(=O)c1ccccc1. The first kappa shape index (κ1) is 20.9. The average Bonchev–Trinajstić information content (AvgIpc) is 2.69. The molecule has 0 fully saturated rings. The topological polar surface area (TPSA) is 71.5 Å². The third-order valence-electron chi connectivity index (χ3n) is 3.90. The number of halogens is 3. The highest BCUT2D eigenvalue weighted by Gasteiger charge is 2.38. The molecule has 0 amide bonds. The molecule has 0 saturated carbocycles. The summed E-state index contributed by atoms with van der Waals surface area (Å²) in [6.45, 7) is 0. The van der Waals surface area contributed by atoms with Crippen molar-refractivity contribution in [2.45, 2.75) is 16.0 Å². The second kappa shape index (κ2) is 7.53. The van der Waals surface area contributed by atoms with Gasteiger partial charge in [-0.3, -0.25) is 0 Å². The minimum absolute atomic E-state index is 0.0277. The van der Waals surface area contributed by atoms with Gasteiger partial charge in [0.25, 0.3) is 20.0 Å². The largest absolute Gasteiger partial charge is 0.416 e. The lowest BCUT2D eigenvalue weighted by Gasteiger charge is -2.24. The number of sulfonamides is 2. The fraction of sp³-hybridized carbons (Fsp3) is 0.0526. The van der Waals surface area contributed by atoms with Crippen molar-refractivity contribution in [3.05, 3.63) is 90.5 Å². The molecule has 0 atom stereocenters. The Labute approximate surface area is 166 Å². The third kappa shape index (κ3) is 4.13. The number of anilines is 1. The number of alkyl halides is 3. The monoisotopic (exact) mass is 441 g/mol. The van der Waals surface area contributed by atoms with Crippen molar-refractivity contribution in [2.24, 2.45) is 0 Å². The van der Waals surface area contributed by atoms with Crippen LogP contribution in [0.5, 0.6) is 0 Å². The zero-order chi connectivity index (χ0) is 21.3. The average molecular weight is 441 g/mol. The summed E-state index contributed by atoms with van der Waals surface area (Å²) in [5.74, 6) is 0.